The first-order valence-corrected chi connectivity index (χ1v) is 9.88. The summed E-state index contributed by atoms with van der Waals surface area (Å²) in [4.78, 5) is 49.7. The molecule has 2 bridgehead atoms. The van der Waals surface area contributed by atoms with Gasteiger partial charge in [0.15, 0.2) is 0 Å². The molecule has 2 aromatic carbocycles. The first kappa shape index (κ1) is 18.5. The van der Waals surface area contributed by atoms with Crippen LogP contribution in [0.1, 0.15) is 29.6 Å². The number of fused-ring (bicyclic) bond motifs is 5. The third-order valence-electron chi connectivity index (χ3n) is 6.53. The van der Waals surface area contributed by atoms with Crippen LogP contribution < -0.4 is 9.64 Å². The Labute approximate surface area is 171 Å². The SMILES string of the molecule is O=C(Oc1cccc(N2C(=O)[C@@H]3[C@@H]4CC[C@@H](C4)[C@@H]3C2=O)c1)c1ccc([N+](=O)[O-])cc1. The second-order valence-corrected chi connectivity index (χ2v) is 8.09. The average molecular weight is 406 g/mol. The van der Waals surface area contributed by atoms with E-state index in [1.165, 1.54) is 35.2 Å². The van der Waals surface area contributed by atoms with Gasteiger partial charge in [-0.2, -0.15) is 0 Å². The van der Waals surface area contributed by atoms with E-state index in [4.69, 9.17) is 4.74 Å². The molecule has 8 heteroatoms. The zero-order valence-corrected chi connectivity index (χ0v) is 15.9. The fourth-order valence-electron chi connectivity index (χ4n) is 5.23. The number of esters is 1. The zero-order valence-electron chi connectivity index (χ0n) is 15.9. The first-order chi connectivity index (χ1) is 14.4. The number of nitrogens with zero attached hydrogens (tertiary/aromatic N) is 2. The molecule has 0 aromatic heterocycles. The van der Waals surface area contributed by atoms with Crippen molar-refractivity contribution in [1.29, 1.82) is 0 Å². The van der Waals surface area contributed by atoms with Crippen molar-refractivity contribution in [3.8, 4) is 5.75 Å². The average Bonchev–Trinajstić information content (AvgIpc) is 3.42. The summed E-state index contributed by atoms with van der Waals surface area (Å²) in [7, 11) is 0. The van der Waals surface area contributed by atoms with E-state index in [9.17, 15) is 24.5 Å². The molecule has 0 spiro atoms. The maximum Gasteiger partial charge on any atom is 0.343 e. The van der Waals surface area contributed by atoms with Gasteiger partial charge in [-0.3, -0.25) is 19.7 Å². The van der Waals surface area contributed by atoms with Crippen molar-refractivity contribution in [1.82, 2.24) is 0 Å². The number of hydrogen-bond donors (Lipinski definition) is 0. The smallest absolute Gasteiger partial charge is 0.343 e. The van der Waals surface area contributed by atoms with Gasteiger partial charge < -0.3 is 4.74 Å². The Balaban J connectivity index is 1.36. The summed E-state index contributed by atoms with van der Waals surface area (Å²) >= 11 is 0. The van der Waals surface area contributed by atoms with Gasteiger partial charge in [0.2, 0.25) is 11.8 Å². The van der Waals surface area contributed by atoms with Crippen molar-refractivity contribution in [2.75, 3.05) is 4.90 Å². The van der Waals surface area contributed by atoms with Crippen molar-refractivity contribution < 1.29 is 24.0 Å². The molecule has 2 aliphatic carbocycles. The monoisotopic (exact) mass is 406 g/mol. The molecule has 2 saturated carbocycles. The molecule has 4 atom stereocenters. The summed E-state index contributed by atoms with van der Waals surface area (Å²) < 4.78 is 5.36. The third kappa shape index (κ3) is 2.79. The molecule has 1 saturated heterocycles. The predicted molar refractivity (Wildman–Crippen MR) is 105 cm³/mol. The lowest BCUT2D eigenvalue weighted by atomic mass is 9.81. The summed E-state index contributed by atoms with van der Waals surface area (Å²) in [5.41, 5.74) is 0.428. The molecule has 1 heterocycles. The quantitative estimate of drug-likeness (QED) is 0.253. The molecule has 0 unspecified atom stereocenters. The van der Waals surface area contributed by atoms with Gasteiger partial charge in [0.25, 0.3) is 5.69 Å². The van der Waals surface area contributed by atoms with Gasteiger partial charge in [-0.05, 0) is 55.4 Å². The molecule has 5 rings (SSSR count). The van der Waals surface area contributed by atoms with Crippen LogP contribution in [0, 0.1) is 33.8 Å². The Morgan fingerprint density at radius 3 is 2.23 bits per heavy atom. The number of ether oxygens (including phenoxy) is 1. The first-order valence-electron chi connectivity index (χ1n) is 9.88. The Morgan fingerprint density at radius 2 is 1.63 bits per heavy atom. The van der Waals surface area contributed by atoms with Crippen LogP contribution in [0.25, 0.3) is 0 Å². The summed E-state index contributed by atoms with van der Waals surface area (Å²) in [6.45, 7) is 0. The van der Waals surface area contributed by atoms with Crippen LogP contribution >= 0.6 is 0 Å². The van der Waals surface area contributed by atoms with Crippen molar-refractivity contribution >= 4 is 29.2 Å². The number of carbonyl (C=O) groups is 3. The van der Waals surface area contributed by atoms with Crippen molar-refractivity contribution in [3.05, 3.63) is 64.2 Å². The van der Waals surface area contributed by atoms with E-state index in [2.05, 4.69) is 0 Å². The van der Waals surface area contributed by atoms with E-state index in [0.717, 1.165) is 19.3 Å². The summed E-state index contributed by atoms with van der Waals surface area (Å²) in [6, 6.07) is 11.4. The molecule has 152 valence electrons. The van der Waals surface area contributed by atoms with Crippen LogP contribution in [-0.4, -0.2) is 22.7 Å². The zero-order chi connectivity index (χ0) is 21.0. The van der Waals surface area contributed by atoms with Crippen LogP contribution in [0.2, 0.25) is 0 Å². The van der Waals surface area contributed by atoms with E-state index >= 15 is 0 Å². The number of nitro groups is 1. The number of nitro benzene ring substituents is 1. The Kier molecular flexibility index (Phi) is 4.16. The van der Waals surface area contributed by atoms with E-state index in [0.29, 0.717) is 17.5 Å². The number of carbonyl (C=O) groups excluding carboxylic acids is 3. The maximum absolute atomic E-state index is 13.0. The lowest BCUT2D eigenvalue weighted by Gasteiger charge is -2.19. The normalized spacial score (nSPS) is 26.7. The highest BCUT2D eigenvalue weighted by Crippen LogP contribution is 2.56. The number of rotatable bonds is 4. The fourth-order valence-corrected chi connectivity index (χ4v) is 5.23. The molecular weight excluding hydrogens is 388 g/mol. The number of hydrogen-bond acceptors (Lipinski definition) is 6. The highest BCUT2D eigenvalue weighted by molar-refractivity contribution is 6.22. The van der Waals surface area contributed by atoms with E-state index in [1.807, 2.05) is 0 Å². The van der Waals surface area contributed by atoms with E-state index in [-0.39, 0.29) is 40.7 Å². The highest BCUT2D eigenvalue weighted by atomic mass is 16.6. The lowest BCUT2D eigenvalue weighted by Crippen LogP contribution is -2.32. The van der Waals surface area contributed by atoms with Crippen molar-refractivity contribution in [2.45, 2.75) is 19.3 Å². The van der Waals surface area contributed by atoms with Crippen LogP contribution in [0.3, 0.4) is 0 Å². The summed E-state index contributed by atoms with van der Waals surface area (Å²) in [5.74, 6) is -0.654. The molecule has 1 aliphatic heterocycles. The van der Waals surface area contributed by atoms with Crippen LogP contribution in [-0.2, 0) is 9.59 Å². The minimum absolute atomic E-state index is 0.126. The van der Waals surface area contributed by atoms with Crippen molar-refractivity contribution in [2.24, 2.45) is 23.7 Å². The molecule has 0 N–H and O–H groups in total. The molecule has 30 heavy (non-hydrogen) atoms. The number of benzene rings is 2. The van der Waals surface area contributed by atoms with Crippen molar-refractivity contribution in [3.63, 3.8) is 0 Å². The van der Waals surface area contributed by atoms with Gasteiger partial charge in [-0.1, -0.05) is 6.07 Å². The van der Waals surface area contributed by atoms with Crippen LogP contribution in [0.15, 0.2) is 48.5 Å². The van der Waals surface area contributed by atoms with Crippen LogP contribution in [0.5, 0.6) is 5.75 Å². The Bertz CT molecular complexity index is 1050. The summed E-state index contributed by atoms with van der Waals surface area (Å²) in [5, 5.41) is 10.7. The van der Waals surface area contributed by atoms with Crippen LogP contribution in [0.4, 0.5) is 11.4 Å². The minimum atomic E-state index is -0.684. The molecule has 0 radical (unpaired) electrons. The summed E-state index contributed by atoms with van der Waals surface area (Å²) in [6.07, 6.45) is 2.98. The predicted octanol–water partition coefficient (Wildman–Crippen LogP) is 3.35. The molecule has 3 fully saturated rings. The molecule has 3 aliphatic rings. The number of imide groups is 1. The molecule has 8 nitrogen and oxygen atoms in total. The molecule has 2 aromatic rings. The van der Waals surface area contributed by atoms with Gasteiger partial charge in [-0.15, -0.1) is 0 Å². The van der Waals surface area contributed by atoms with Gasteiger partial charge in [0.1, 0.15) is 5.75 Å². The maximum atomic E-state index is 13.0. The number of non-ortho nitro benzene ring substituents is 1. The Hall–Kier alpha value is -3.55. The second kappa shape index (κ2) is 6.76. The molecule has 2 amide bonds. The lowest BCUT2D eigenvalue weighted by molar-refractivity contribution is -0.384. The second-order valence-electron chi connectivity index (χ2n) is 8.09. The number of anilines is 1. The number of amides is 2. The largest absolute Gasteiger partial charge is 0.423 e. The van der Waals surface area contributed by atoms with Gasteiger partial charge >= 0.3 is 5.97 Å². The van der Waals surface area contributed by atoms with E-state index in [1.54, 1.807) is 18.2 Å². The van der Waals surface area contributed by atoms with Gasteiger partial charge in [-0.25, -0.2) is 9.69 Å². The van der Waals surface area contributed by atoms with Gasteiger partial charge in [0, 0.05) is 18.2 Å². The minimum Gasteiger partial charge on any atom is -0.423 e. The topological polar surface area (TPSA) is 107 Å². The Morgan fingerprint density at radius 1 is 1.00 bits per heavy atom. The standard InChI is InChI=1S/C22H18N2O6/c25-20-18-13-4-5-14(10-13)19(18)21(26)23(20)16-2-1-3-17(11-16)30-22(27)12-6-8-15(9-7-12)24(28)29/h1-3,6-9,11,13-14,18-19H,4-5,10H2/t13-,14+,18-,19+. The van der Waals surface area contributed by atoms with Gasteiger partial charge in [0.05, 0.1) is 28.0 Å². The molecular formula is C22H18N2O6. The fraction of sp³-hybridized carbons (Fsp3) is 0.318. The highest BCUT2D eigenvalue weighted by Gasteiger charge is 2.61. The van der Waals surface area contributed by atoms with E-state index < -0.39 is 10.9 Å². The third-order valence-corrected chi connectivity index (χ3v) is 6.53.